The molecule has 10 atom stereocenters. The predicted octanol–water partition coefficient (Wildman–Crippen LogP) is -2.77. The largest absolute Gasteiger partial charge is 0.480 e. The van der Waals surface area contributed by atoms with Crippen molar-refractivity contribution in [1.29, 1.82) is 0 Å². The number of rotatable bonds is 18. The van der Waals surface area contributed by atoms with E-state index < -0.39 is 127 Å². The number of aliphatic hydroxyl groups is 1. The molecule has 0 radical (unpaired) electrons. The molecule has 0 aromatic heterocycles. The molecule has 1 fully saturated rings. The minimum absolute atomic E-state index is 0.000957. The van der Waals surface area contributed by atoms with Crippen LogP contribution in [0.2, 0.25) is 0 Å². The Morgan fingerprint density at radius 2 is 1.34 bits per heavy atom. The molecule has 2 rings (SSSR count). The number of hydrogen-bond donors (Lipinski definition) is 13. The van der Waals surface area contributed by atoms with E-state index in [2.05, 4.69) is 41.9 Å². The van der Waals surface area contributed by atoms with Crippen molar-refractivity contribution in [1.82, 2.24) is 36.8 Å². The SMILES string of the molecule is CO[C@@H](Cc1ccccc1)[C@@H](C)/C=C(C)/C=C/[C@@H]1NC(=O)[C@H](CCCN=C(N)N)NC(=O)C[C@H](C(=O)O)NC(=O)[C@H](CCCN=C(N)N)NC(=O)[C@@H](C)NC(=O)[C@H](CO)N(C)C(=O)CC[C@H](C(=O)O)NC(=O)[C@H]1C. The third-order valence-corrected chi connectivity index (χ3v) is 12.1. The lowest BCUT2D eigenvalue weighted by atomic mass is 9.94. The van der Waals surface area contributed by atoms with Gasteiger partial charge in [-0.1, -0.05) is 68.0 Å². The Kier molecular flexibility index (Phi) is 26.8. The van der Waals surface area contributed by atoms with Crippen LogP contribution in [-0.4, -0.2) is 168 Å². The zero-order valence-corrected chi connectivity index (χ0v) is 42.7. The van der Waals surface area contributed by atoms with E-state index in [4.69, 9.17) is 27.7 Å². The lowest BCUT2D eigenvalue weighted by molar-refractivity contribution is -0.144. The van der Waals surface area contributed by atoms with E-state index in [0.29, 0.717) is 12.0 Å². The van der Waals surface area contributed by atoms with Crippen molar-refractivity contribution >= 4 is 65.2 Å². The lowest BCUT2D eigenvalue weighted by Crippen LogP contribution is -2.58. The van der Waals surface area contributed by atoms with Crippen molar-refractivity contribution in [2.24, 2.45) is 44.8 Å². The lowest BCUT2D eigenvalue weighted by Gasteiger charge is -2.28. The van der Waals surface area contributed by atoms with Gasteiger partial charge in [0.25, 0.3) is 0 Å². The number of allylic oxidation sites excluding steroid dienone is 2. The summed E-state index contributed by atoms with van der Waals surface area (Å²) in [6, 6.07) is -1.06. The smallest absolute Gasteiger partial charge is 0.326 e. The van der Waals surface area contributed by atoms with Crippen LogP contribution in [0.5, 0.6) is 0 Å². The molecular weight excluding hydrogens is 967 g/mol. The van der Waals surface area contributed by atoms with Crippen molar-refractivity contribution in [3.8, 4) is 0 Å². The fraction of sp³-hybridized carbons (Fsp3) is 0.562. The van der Waals surface area contributed by atoms with Crippen LogP contribution in [-0.2, 0) is 54.3 Å². The van der Waals surface area contributed by atoms with Crippen molar-refractivity contribution < 1.29 is 63.2 Å². The molecule has 17 N–H and O–H groups in total. The molecule has 1 aromatic carbocycles. The maximum Gasteiger partial charge on any atom is 0.326 e. The third-order valence-electron chi connectivity index (χ3n) is 12.1. The van der Waals surface area contributed by atoms with Crippen LogP contribution in [0, 0.1) is 11.8 Å². The molecule has 0 bridgehead atoms. The van der Waals surface area contributed by atoms with Crippen LogP contribution in [0.1, 0.15) is 78.2 Å². The summed E-state index contributed by atoms with van der Waals surface area (Å²) in [4.78, 5) is 130. The van der Waals surface area contributed by atoms with Crippen LogP contribution >= 0.6 is 0 Å². The normalized spacial score (nSPS) is 24.6. The zero-order chi connectivity index (χ0) is 55.7. The number of aliphatic hydroxyl groups excluding tert-OH is 1. The number of guanidine groups is 2. The number of nitrogens with two attached hydrogens (primary N) is 4. The molecule has 1 heterocycles. The quantitative estimate of drug-likeness (QED) is 0.0306. The molecule has 1 saturated heterocycles. The molecule has 0 aliphatic carbocycles. The van der Waals surface area contributed by atoms with Crippen molar-refractivity contribution in [3.05, 3.63) is 59.7 Å². The fourth-order valence-electron chi connectivity index (χ4n) is 7.62. The average Bonchev–Trinajstić information content (AvgIpc) is 3.34. The number of carboxylic acids is 2. The number of aliphatic carboxylic acids is 2. The van der Waals surface area contributed by atoms with E-state index in [1.54, 1.807) is 20.1 Å². The molecule has 26 nitrogen and oxygen atoms in total. The maximum atomic E-state index is 14.3. The molecule has 1 aliphatic heterocycles. The van der Waals surface area contributed by atoms with Crippen molar-refractivity contribution in [3.63, 3.8) is 0 Å². The highest BCUT2D eigenvalue weighted by molar-refractivity contribution is 5.96. The standard InChI is InChI=1S/C48H75N13O13/c1-26(22-27(2)37(74-6)23-30-12-8-7-9-13-30)16-17-31-28(3)40(65)59-34(45(70)71)18-19-39(64)61(5)36(25-62)44(69)55-29(4)41(66)58-33(15-11-21-54-48(51)52)43(68)60-35(46(72)73)24-38(63)56-32(42(67)57-31)14-10-20-53-47(49)50/h7-9,12-13,16-17,22,27-29,31-37,62H,10-11,14-15,18-21,23-25H2,1-6H3,(H,55,69)(H,56,63)(H,57,67)(H,58,66)(H,59,65)(H,60,68)(H,70,71)(H,72,73)(H4,49,50,53)(H4,51,52,54)/b17-16+,26-22+/t27-,28-,29+,31-,32-,33-,34+,35+,36-,37-/m0/s1. The number of carbonyl (C=O) groups is 9. The molecular formula is C48H75N13O13. The Bertz CT molecular complexity index is 2220. The minimum Gasteiger partial charge on any atom is -0.480 e. The number of methoxy groups -OCH3 is 1. The first-order valence-electron chi connectivity index (χ1n) is 24.1. The van der Waals surface area contributed by atoms with Crippen LogP contribution in [0.15, 0.2) is 64.1 Å². The Balaban J connectivity index is 2.72. The molecule has 1 aliphatic rings. The van der Waals surface area contributed by atoms with Crippen LogP contribution in [0.25, 0.3) is 0 Å². The van der Waals surface area contributed by atoms with Gasteiger partial charge in [0.15, 0.2) is 11.9 Å². The molecule has 7 amide bonds. The van der Waals surface area contributed by atoms with Gasteiger partial charge in [-0.2, -0.15) is 0 Å². The number of carboxylic acid groups (broad SMARTS) is 2. The van der Waals surface area contributed by atoms with Gasteiger partial charge < -0.3 is 79.8 Å². The molecule has 0 unspecified atom stereocenters. The minimum atomic E-state index is -1.93. The zero-order valence-electron chi connectivity index (χ0n) is 42.7. The van der Waals surface area contributed by atoms with Gasteiger partial charge in [0.05, 0.1) is 31.1 Å². The highest BCUT2D eigenvalue weighted by Gasteiger charge is 2.35. The number of nitrogens with one attached hydrogen (secondary N) is 6. The van der Waals surface area contributed by atoms with Gasteiger partial charge in [-0.05, 0) is 57.9 Å². The van der Waals surface area contributed by atoms with Crippen LogP contribution in [0.3, 0.4) is 0 Å². The van der Waals surface area contributed by atoms with Gasteiger partial charge in [0, 0.05) is 39.6 Å². The molecule has 1 aromatic rings. The third kappa shape index (κ3) is 22.0. The number of aliphatic imine (C=N–C) groups is 2. The molecule has 0 saturated carbocycles. The summed E-state index contributed by atoms with van der Waals surface area (Å²) >= 11 is 0. The van der Waals surface area contributed by atoms with Gasteiger partial charge in [-0.3, -0.25) is 43.5 Å². The molecule has 74 heavy (non-hydrogen) atoms. The molecule has 26 heteroatoms. The summed E-state index contributed by atoms with van der Waals surface area (Å²) in [5.41, 5.74) is 23.6. The van der Waals surface area contributed by atoms with Crippen molar-refractivity contribution in [2.75, 3.05) is 33.9 Å². The number of benzene rings is 1. The Hall–Kier alpha value is -7.61. The summed E-state index contributed by atoms with van der Waals surface area (Å²) in [5, 5.41) is 45.2. The first kappa shape index (κ1) is 62.5. The summed E-state index contributed by atoms with van der Waals surface area (Å²) in [6.07, 6.45) is 3.32. The van der Waals surface area contributed by atoms with Crippen molar-refractivity contribution in [2.45, 2.75) is 127 Å². The average molecular weight is 1040 g/mol. The van der Waals surface area contributed by atoms with E-state index in [9.17, 15) is 58.5 Å². The summed E-state index contributed by atoms with van der Waals surface area (Å²) < 4.78 is 5.80. The number of likely N-dealkylation sites (N-methyl/N-ethyl adjacent to an activating group) is 1. The van der Waals surface area contributed by atoms with Gasteiger partial charge in [0.1, 0.15) is 36.3 Å². The van der Waals surface area contributed by atoms with Gasteiger partial charge >= 0.3 is 11.9 Å². The Morgan fingerprint density at radius 1 is 0.784 bits per heavy atom. The second-order valence-corrected chi connectivity index (χ2v) is 18.0. The number of hydrogen-bond acceptors (Lipinski definition) is 13. The van der Waals surface area contributed by atoms with E-state index in [1.807, 2.05) is 43.3 Å². The molecule has 410 valence electrons. The Labute approximate surface area is 430 Å². The Morgan fingerprint density at radius 3 is 1.88 bits per heavy atom. The van der Waals surface area contributed by atoms with Gasteiger partial charge in [-0.15, -0.1) is 0 Å². The highest BCUT2D eigenvalue weighted by Crippen LogP contribution is 2.18. The first-order valence-corrected chi connectivity index (χ1v) is 24.1. The van der Waals surface area contributed by atoms with E-state index in [0.717, 1.165) is 17.5 Å². The summed E-state index contributed by atoms with van der Waals surface area (Å²) in [6.45, 7) is 5.41. The van der Waals surface area contributed by atoms with E-state index >= 15 is 0 Å². The second-order valence-electron chi connectivity index (χ2n) is 18.0. The van der Waals surface area contributed by atoms with Gasteiger partial charge in [-0.25, -0.2) is 9.59 Å². The van der Waals surface area contributed by atoms with E-state index in [-0.39, 0.29) is 62.7 Å². The summed E-state index contributed by atoms with van der Waals surface area (Å²) in [7, 11) is 2.76. The second kappa shape index (κ2) is 31.8. The fourth-order valence-corrected chi connectivity index (χ4v) is 7.62. The number of carbonyl (C=O) groups excluding carboxylic acids is 7. The highest BCUT2D eigenvalue weighted by atomic mass is 16.5. The first-order chi connectivity index (χ1) is 34.9. The summed E-state index contributed by atoms with van der Waals surface area (Å²) in [5.74, 6) is -11.7. The van der Waals surface area contributed by atoms with Gasteiger partial charge in [0.2, 0.25) is 41.4 Å². The maximum absolute atomic E-state index is 14.3. The monoisotopic (exact) mass is 1040 g/mol. The number of amides is 7. The molecule has 0 spiro atoms. The predicted molar refractivity (Wildman–Crippen MR) is 272 cm³/mol. The van der Waals surface area contributed by atoms with Crippen LogP contribution in [0.4, 0.5) is 0 Å². The number of nitrogens with zero attached hydrogens (tertiary/aromatic N) is 3. The topological polar surface area (TPSA) is 428 Å². The number of ether oxygens (including phenoxy) is 1. The van der Waals surface area contributed by atoms with E-state index in [1.165, 1.54) is 19.9 Å². The van der Waals surface area contributed by atoms with Crippen LogP contribution < -0.4 is 54.8 Å².